The van der Waals surface area contributed by atoms with Crippen molar-refractivity contribution in [2.75, 3.05) is 6.61 Å². The zero-order valence-electron chi connectivity index (χ0n) is 15.2. The lowest BCUT2D eigenvalue weighted by Gasteiger charge is -2.17. The van der Waals surface area contributed by atoms with Crippen molar-refractivity contribution in [3.63, 3.8) is 0 Å². The number of nitrogens with zero attached hydrogens (tertiary/aromatic N) is 3. The van der Waals surface area contributed by atoms with Crippen LogP contribution in [0.2, 0.25) is 0 Å². The van der Waals surface area contributed by atoms with Crippen LogP contribution < -0.4 is 10.5 Å². The summed E-state index contributed by atoms with van der Waals surface area (Å²) in [5.41, 5.74) is 7.97. The molecule has 0 unspecified atom stereocenters. The quantitative estimate of drug-likeness (QED) is 0.655. The first-order chi connectivity index (χ1) is 12.7. The minimum Gasteiger partial charge on any atom is -0.494 e. The topological polar surface area (TPSA) is 87.1 Å². The van der Waals surface area contributed by atoms with Gasteiger partial charge in [-0.15, -0.1) is 23.7 Å². The van der Waals surface area contributed by atoms with Crippen molar-refractivity contribution >= 4 is 23.7 Å². The smallest absolute Gasteiger partial charge is 0.232 e. The number of ether oxygens (including phenoxy) is 1. The number of rotatable bonds is 6. The van der Waals surface area contributed by atoms with E-state index in [9.17, 15) is 0 Å². The lowest BCUT2D eigenvalue weighted by atomic mass is 9.99. The number of nitrogens with two attached hydrogens (primary N) is 1. The Hall–Kier alpha value is -1.96. The van der Waals surface area contributed by atoms with E-state index in [4.69, 9.17) is 20.0 Å². The molecule has 2 aromatic heterocycles. The van der Waals surface area contributed by atoms with Crippen molar-refractivity contribution in [2.45, 2.75) is 44.6 Å². The van der Waals surface area contributed by atoms with Crippen LogP contribution in [0.25, 0.3) is 10.6 Å². The SMILES string of the molecule is CCOc1ccc(-c2nc(Cc3nc(C4(N)CCCC4)no3)cs2)cc1.Cl. The van der Waals surface area contributed by atoms with Gasteiger partial charge in [-0.2, -0.15) is 4.98 Å². The summed E-state index contributed by atoms with van der Waals surface area (Å²) in [6, 6.07) is 7.98. The van der Waals surface area contributed by atoms with Crippen LogP contribution in [0.5, 0.6) is 5.75 Å². The van der Waals surface area contributed by atoms with Crippen molar-refractivity contribution < 1.29 is 9.26 Å². The van der Waals surface area contributed by atoms with E-state index in [2.05, 4.69) is 10.1 Å². The van der Waals surface area contributed by atoms with Crippen molar-refractivity contribution in [1.82, 2.24) is 15.1 Å². The first kappa shape index (κ1) is 19.8. The first-order valence-corrected chi connectivity index (χ1v) is 9.84. The molecule has 0 bridgehead atoms. The molecule has 6 nitrogen and oxygen atoms in total. The highest BCUT2D eigenvalue weighted by atomic mass is 35.5. The standard InChI is InChI=1S/C19H22N4O2S.ClH/c1-2-24-15-7-5-13(6-8-15)17-21-14(12-26-17)11-16-22-18(23-25-16)19(20)9-3-4-10-19;/h5-8,12H,2-4,9-11,20H2,1H3;1H. The molecule has 1 fully saturated rings. The van der Waals surface area contributed by atoms with Gasteiger partial charge in [-0.1, -0.05) is 18.0 Å². The highest BCUT2D eigenvalue weighted by molar-refractivity contribution is 7.13. The minimum atomic E-state index is -0.419. The molecular weight excluding hydrogens is 384 g/mol. The van der Waals surface area contributed by atoms with E-state index in [1.807, 2.05) is 36.6 Å². The van der Waals surface area contributed by atoms with Gasteiger partial charge < -0.3 is 15.0 Å². The summed E-state index contributed by atoms with van der Waals surface area (Å²) < 4.78 is 10.9. The van der Waals surface area contributed by atoms with Gasteiger partial charge in [0.15, 0.2) is 5.82 Å². The Bertz CT molecular complexity index is 872. The zero-order chi connectivity index (χ0) is 18.0. The molecule has 27 heavy (non-hydrogen) atoms. The van der Waals surface area contributed by atoms with Gasteiger partial charge >= 0.3 is 0 Å². The second-order valence-electron chi connectivity index (χ2n) is 6.65. The largest absolute Gasteiger partial charge is 0.494 e. The summed E-state index contributed by atoms with van der Waals surface area (Å²) in [5.74, 6) is 2.07. The monoisotopic (exact) mass is 406 g/mol. The fraction of sp³-hybridized carbons (Fsp3) is 0.421. The van der Waals surface area contributed by atoms with Crippen molar-refractivity contribution in [3.8, 4) is 16.3 Å². The molecule has 2 N–H and O–H groups in total. The van der Waals surface area contributed by atoms with Gasteiger partial charge in [-0.05, 0) is 44.0 Å². The van der Waals surface area contributed by atoms with Gasteiger partial charge in [0.2, 0.25) is 5.89 Å². The van der Waals surface area contributed by atoms with E-state index in [0.717, 1.165) is 47.7 Å². The zero-order valence-corrected chi connectivity index (χ0v) is 16.8. The van der Waals surface area contributed by atoms with Crippen molar-refractivity contribution in [1.29, 1.82) is 0 Å². The molecule has 1 saturated carbocycles. The molecule has 3 aromatic rings. The Balaban J connectivity index is 0.00000210. The Morgan fingerprint density at radius 1 is 1.19 bits per heavy atom. The molecule has 1 aromatic carbocycles. The van der Waals surface area contributed by atoms with Gasteiger partial charge in [-0.3, -0.25) is 0 Å². The Kier molecular flexibility index (Phi) is 6.14. The number of thiazole rings is 1. The molecule has 0 radical (unpaired) electrons. The molecule has 0 saturated heterocycles. The van der Waals surface area contributed by atoms with E-state index < -0.39 is 5.54 Å². The van der Waals surface area contributed by atoms with Crippen molar-refractivity contribution in [2.24, 2.45) is 5.73 Å². The normalized spacial score (nSPS) is 15.5. The Morgan fingerprint density at radius 2 is 1.93 bits per heavy atom. The number of hydrogen-bond donors (Lipinski definition) is 1. The third-order valence-corrected chi connectivity index (χ3v) is 5.65. The lowest BCUT2D eigenvalue weighted by Crippen LogP contribution is -2.34. The number of hydrogen-bond acceptors (Lipinski definition) is 7. The van der Waals surface area contributed by atoms with E-state index in [0.29, 0.717) is 24.7 Å². The van der Waals surface area contributed by atoms with E-state index >= 15 is 0 Å². The summed E-state index contributed by atoms with van der Waals surface area (Å²) in [4.78, 5) is 9.21. The second-order valence-corrected chi connectivity index (χ2v) is 7.51. The molecule has 2 heterocycles. The van der Waals surface area contributed by atoms with Gasteiger partial charge in [-0.25, -0.2) is 4.98 Å². The molecule has 4 rings (SSSR count). The van der Waals surface area contributed by atoms with Crippen LogP contribution in [0.4, 0.5) is 0 Å². The fourth-order valence-electron chi connectivity index (χ4n) is 3.29. The van der Waals surface area contributed by atoms with Crippen LogP contribution >= 0.6 is 23.7 Å². The highest BCUT2D eigenvalue weighted by Crippen LogP contribution is 2.34. The summed E-state index contributed by atoms with van der Waals surface area (Å²) in [7, 11) is 0. The summed E-state index contributed by atoms with van der Waals surface area (Å²) in [6.07, 6.45) is 4.61. The average molecular weight is 407 g/mol. The Morgan fingerprint density at radius 3 is 2.63 bits per heavy atom. The van der Waals surface area contributed by atoms with Gasteiger partial charge in [0, 0.05) is 10.9 Å². The first-order valence-electron chi connectivity index (χ1n) is 8.96. The predicted octanol–water partition coefficient (Wildman–Crippen LogP) is 4.33. The maximum Gasteiger partial charge on any atom is 0.232 e. The number of halogens is 1. The molecule has 144 valence electrons. The van der Waals surface area contributed by atoms with Gasteiger partial charge in [0.25, 0.3) is 0 Å². The van der Waals surface area contributed by atoms with Gasteiger partial charge in [0.05, 0.1) is 24.3 Å². The third kappa shape index (κ3) is 4.31. The maximum atomic E-state index is 6.39. The number of benzene rings is 1. The number of aromatic nitrogens is 3. The molecule has 0 spiro atoms. The average Bonchev–Trinajstić information content (AvgIpc) is 3.38. The van der Waals surface area contributed by atoms with Crippen LogP contribution in [-0.4, -0.2) is 21.7 Å². The lowest BCUT2D eigenvalue weighted by molar-refractivity contribution is 0.340. The molecule has 0 atom stereocenters. The molecular formula is C19H23ClN4O2S. The predicted molar refractivity (Wildman–Crippen MR) is 107 cm³/mol. The maximum absolute atomic E-state index is 6.39. The molecule has 0 aliphatic heterocycles. The van der Waals surface area contributed by atoms with Crippen LogP contribution in [-0.2, 0) is 12.0 Å². The Labute approximate surface area is 168 Å². The van der Waals surface area contributed by atoms with Crippen LogP contribution in [0, 0.1) is 0 Å². The van der Waals surface area contributed by atoms with Gasteiger partial charge in [0.1, 0.15) is 10.8 Å². The molecule has 1 aliphatic rings. The van der Waals surface area contributed by atoms with E-state index in [-0.39, 0.29) is 12.4 Å². The molecule has 8 heteroatoms. The minimum absolute atomic E-state index is 0. The van der Waals surface area contributed by atoms with Crippen LogP contribution in [0.3, 0.4) is 0 Å². The van der Waals surface area contributed by atoms with E-state index in [1.54, 1.807) is 11.3 Å². The molecule has 0 amide bonds. The van der Waals surface area contributed by atoms with Crippen LogP contribution in [0.1, 0.15) is 50.0 Å². The highest BCUT2D eigenvalue weighted by Gasteiger charge is 2.35. The third-order valence-electron chi connectivity index (χ3n) is 4.71. The van der Waals surface area contributed by atoms with E-state index in [1.165, 1.54) is 0 Å². The van der Waals surface area contributed by atoms with Crippen LogP contribution in [0.15, 0.2) is 34.2 Å². The molecule has 1 aliphatic carbocycles. The summed E-state index contributed by atoms with van der Waals surface area (Å²) in [5, 5.41) is 7.11. The van der Waals surface area contributed by atoms with Crippen molar-refractivity contribution in [3.05, 3.63) is 47.1 Å². The summed E-state index contributed by atoms with van der Waals surface area (Å²) >= 11 is 1.61. The second kappa shape index (κ2) is 8.37. The summed E-state index contributed by atoms with van der Waals surface area (Å²) in [6.45, 7) is 2.64. The fourth-order valence-corrected chi connectivity index (χ4v) is 4.12.